The maximum Gasteiger partial charge on any atom is 1.00 e. The predicted octanol–water partition coefficient (Wildman–Crippen LogP) is 16.9. The molecular weight excluding hydrogens is 1340 g/mol. The average Bonchev–Trinajstić information content (AvgIpc) is 0.935. The van der Waals surface area contributed by atoms with Gasteiger partial charge in [0.2, 0.25) is 0 Å². The number of aliphatic hydroxyl groups excluding tert-OH is 1. The molecule has 0 aliphatic rings. The van der Waals surface area contributed by atoms with E-state index in [9.17, 15) is 38.4 Å². The van der Waals surface area contributed by atoms with Crippen molar-refractivity contribution in [3.8, 4) is 0 Å². The molecule has 0 heterocycles. The molecule has 0 rings (SSSR count). The van der Waals surface area contributed by atoms with Gasteiger partial charge in [-0.15, -0.1) is 0 Å². The van der Waals surface area contributed by atoms with Crippen molar-refractivity contribution in [3.05, 3.63) is 48.6 Å². The monoisotopic (exact) mass is 1490 g/mol. The van der Waals surface area contributed by atoms with Crippen LogP contribution in [-0.4, -0.2) is 87.6 Å². The van der Waals surface area contributed by atoms with Crippen LogP contribution in [0.1, 0.15) is 387 Å². The summed E-state index contributed by atoms with van der Waals surface area (Å²) in [4.78, 5) is 64.8. The van der Waals surface area contributed by atoms with Crippen molar-refractivity contribution in [2.75, 3.05) is 46.2 Å². The summed E-state index contributed by atoms with van der Waals surface area (Å²) >= 11 is 0. The van der Waals surface area contributed by atoms with Gasteiger partial charge < -0.3 is 51.9 Å². The molecule has 101 heavy (non-hydrogen) atoms. The number of allylic oxidation sites excluding steroid dienone is 8. The molecule has 0 aliphatic carbocycles. The van der Waals surface area contributed by atoms with Crippen molar-refractivity contribution in [1.82, 2.24) is 0 Å². The topological polar surface area (TPSA) is 226 Å². The number of carbonyl (C=O) groups excluding carboxylic acids is 3. The van der Waals surface area contributed by atoms with Crippen molar-refractivity contribution >= 4 is 33.6 Å². The van der Waals surface area contributed by atoms with Crippen LogP contribution < -0.4 is 68.9 Å². The molecular formula is C81H150Na2O16P2. The number of esters is 3. The number of carbonyl (C=O) groups is 3. The van der Waals surface area contributed by atoms with Crippen LogP contribution in [0.25, 0.3) is 0 Å². The van der Waals surface area contributed by atoms with Gasteiger partial charge in [0.1, 0.15) is 18.8 Å². The summed E-state index contributed by atoms with van der Waals surface area (Å²) in [6.07, 6.45) is 74.6. The maximum atomic E-state index is 13.0. The van der Waals surface area contributed by atoms with E-state index in [0.717, 1.165) is 148 Å². The standard InChI is InChI=1S/C81H152O16P2.2Na/c1-5-9-13-17-21-25-29-33-37-41-45-49-53-57-61-65-69-90-72-77(96-80(84)67-63-59-55-51-47-43-39-35-31-27-23-19-15-11-7-3)74-94-98(86,87)92-70-76(82)71-93-99(88,89)95-75-78(97-81(85)68-64-60-56-52-48-44-40-36-32-28-24-20-16-12-8-4)73-91-79(83)66-62-58-54-50-46-42-38-34-30-26-22-18-14-10-6-2;;/h33-40,76-78,82H,5-32,41-75H2,1-4H3,(H,86,87)(H,88,89);;/q;2*+1/p-2/b37-33-,38-34-,39-35-,40-36-;;/t76?,77-,78-;;/m1../s1. The number of ether oxygens (including phenoxy) is 4. The van der Waals surface area contributed by atoms with Gasteiger partial charge in [0.05, 0.1) is 33.0 Å². The van der Waals surface area contributed by atoms with Gasteiger partial charge in [-0.2, -0.15) is 0 Å². The number of phosphoric acid groups is 2. The Balaban J connectivity index is -0.0000480. The Morgan fingerprint density at radius 1 is 0.307 bits per heavy atom. The first-order valence-corrected chi connectivity index (χ1v) is 43.8. The van der Waals surface area contributed by atoms with Gasteiger partial charge in [-0.1, -0.05) is 288 Å². The van der Waals surface area contributed by atoms with E-state index in [-0.39, 0.29) is 85.0 Å². The van der Waals surface area contributed by atoms with E-state index in [1.165, 1.54) is 173 Å². The molecule has 582 valence electrons. The third-order valence-electron chi connectivity index (χ3n) is 17.7. The van der Waals surface area contributed by atoms with Crippen molar-refractivity contribution < 1.29 is 135 Å². The minimum atomic E-state index is -5.21. The SMILES string of the molecule is CCCCCCCC/C=C\CCCCCCCCOC[C@H](COP(=O)([O-])OCC(O)COP(=O)([O-])OC[C@@H](COC(=O)CCCCCCC/C=C\CCCCCCCC)OC(=O)CCCCCCC/C=C\CCCCCCCC)OC(=O)CCCCCCC/C=C\CCCCCCCC.[Na+].[Na+]. The second-order valence-corrected chi connectivity index (χ2v) is 30.5. The molecule has 0 aromatic rings. The Morgan fingerprint density at radius 3 is 0.822 bits per heavy atom. The van der Waals surface area contributed by atoms with E-state index in [1.807, 2.05) is 0 Å². The van der Waals surface area contributed by atoms with Gasteiger partial charge in [-0.25, -0.2) is 0 Å². The molecule has 0 saturated heterocycles. The van der Waals surface area contributed by atoms with Crippen molar-refractivity contribution in [2.45, 2.75) is 406 Å². The van der Waals surface area contributed by atoms with Gasteiger partial charge >= 0.3 is 77.0 Å². The summed E-state index contributed by atoms with van der Waals surface area (Å²) in [6.45, 7) is 5.58. The van der Waals surface area contributed by atoms with Crippen LogP contribution in [0.3, 0.4) is 0 Å². The summed E-state index contributed by atoms with van der Waals surface area (Å²) in [5.74, 6) is -1.60. The van der Waals surface area contributed by atoms with E-state index >= 15 is 0 Å². The summed E-state index contributed by atoms with van der Waals surface area (Å²) in [5.41, 5.74) is 0. The molecule has 3 unspecified atom stereocenters. The zero-order chi connectivity index (χ0) is 72.3. The molecule has 0 fully saturated rings. The summed E-state index contributed by atoms with van der Waals surface area (Å²) in [5, 5.41) is 10.6. The number of rotatable bonds is 79. The third kappa shape index (κ3) is 81.9. The van der Waals surface area contributed by atoms with E-state index in [0.29, 0.717) is 25.9 Å². The molecule has 0 amide bonds. The average molecular weight is 1490 g/mol. The molecule has 0 aromatic carbocycles. The Kier molecular flexibility index (Phi) is 85.0. The zero-order valence-corrected chi connectivity index (χ0v) is 71.7. The smallest absolute Gasteiger partial charge is 0.756 e. The number of phosphoric ester groups is 2. The van der Waals surface area contributed by atoms with Crippen molar-refractivity contribution in [2.24, 2.45) is 0 Å². The molecule has 0 aromatic heterocycles. The molecule has 0 radical (unpaired) electrons. The van der Waals surface area contributed by atoms with Crippen LogP contribution in [-0.2, 0) is 60.6 Å². The molecule has 20 heteroatoms. The summed E-state index contributed by atoms with van der Waals surface area (Å²) in [7, 11) is -10.3. The zero-order valence-electron chi connectivity index (χ0n) is 65.9. The van der Waals surface area contributed by atoms with E-state index in [2.05, 4.69) is 76.3 Å². The second kappa shape index (κ2) is 82.0. The Morgan fingerprint density at radius 2 is 0.535 bits per heavy atom. The molecule has 0 bridgehead atoms. The quantitative estimate of drug-likeness (QED) is 0.0149. The molecule has 0 aliphatic heterocycles. The largest absolute Gasteiger partial charge is 1.00 e. The minimum Gasteiger partial charge on any atom is -0.756 e. The summed E-state index contributed by atoms with van der Waals surface area (Å²) < 4.78 is 68.5. The fourth-order valence-electron chi connectivity index (χ4n) is 11.5. The molecule has 0 saturated carbocycles. The maximum absolute atomic E-state index is 13.0. The Labute approximate surface area is 663 Å². The number of hydrogen-bond acceptors (Lipinski definition) is 16. The first-order chi connectivity index (χ1) is 48.3. The predicted molar refractivity (Wildman–Crippen MR) is 404 cm³/mol. The normalized spacial score (nSPS) is 13.9. The fraction of sp³-hybridized carbons (Fsp3) is 0.864. The van der Waals surface area contributed by atoms with Crippen molar-refractivity contribution in [1.29, 1.82) is 0 Å². The van der Waals surface area contributed by atoms with E-state index in [1.54, 1.807) is 0 Å². The third-order valence-corrected chi connectivity index (χ3v) is 19.6. The van der Waals surface area contributed by atoms with E-state index in [4.69, 9.17) is 37.0 Å². The Bertz CT molecular complexity index is 2010. The van der Waals surface area contributed by atoms with Gasteiger partial charge in [-0.3, -0.25) is 23.5 Å². The summed E-state index contributed by atoms with van der Waals surface area (Å²) in [6, 6.07) is 0. The Hall–Kier alpha value is -0.490. The fourth-order valence-corrected chi connectivity index (χ4v) is 13.0. The second-order valence-electron chi connectivity index (χ2n) is 27.7. The molecule has 0 spiro atoms. The van der Waals surface area contributed by atoms with Crippen LogP contribution in [0, 0.1) is 0 Å². The van der Waals surface area contributed by atoms with Gasteiger partial charge in [0.15, 0.2) is 6.10 Å². The molecule has 16 nitrogen and oxygen atoms in total. The van der Waals surface area contributed by atoms with Crippen molar-refractivity contribution in [3.63, 3.8) is 0 Å². The number of hydrogen-bond donors (Lipinski definition) is 1. The first-order valence-electron chi connectivity index (χ1n) is 40.9. The van der Waals surface area contributed by atoms with E-state index < -0.39 is 84.9 Å². The van der Waals surface area contributed by atoms with Crippen LogP contribution in [0.4, 0.5) is 0 Å². The van der Waals surface area contributed by atoms with Crippen LogP contribution in [0.5, 0.6) is 0 Å². The number of unbranched alkanes of at least 4 members (excludes halogenated alkanes) is 45. The first kappa shape index (κ1) is 105. The molecule has 5 atom stereocenters. The molecule has 1 N–H and O–H groups in total. The van der Waals surface area contributed by atoms with Crippen LogP contribution in [0.15, 0.2) is 48.6 Å². The van der Waals surface area contributed by atoms with Crippen LogP contribution in [0.2, 0.25) is 0 Å². The van der Waals surface area contributed by atoms with Gasteiger partial charge in [0.25, 0.3) is 15.6 Å². The minimum absolute atomic E-state index is 0. The van der Waals surface area contributed by atoms with Crippen LogP contribution >= 0.6 is 15.6 Å². The van der Waals surface area contributed by atoms with Gasteiger partial charge in [-0.05, 0) is 128 Å². The van der Waals surface area contributed by atoms with Gasteiger partial charge in [0, 0.05) is 25.9 Å². The number of aliphatic hydroxyl groups is 1.